The Morgan fingerprint density at radius 1 is 1.38 bits per heavy atom. The van der Waals surface area contributed by atoms with Gasteiger partial charge in [-0.2, -0.15) is 0 Å². The molecule has 0 bridgehead atoms. The van der Waals surface area contributed by atoms with Crippen LogP contribution in [0.2, 0.25) is 0 Å². The van der Waals surface area contributed by atoms with Crippen LogP contribution in [0, 0.1) is 0 Å². The van der Waals surface area contributed by atoms with Crippen LogP contribution in [0.4, 0.5) is 0 Å². The molecule has 118 valence electrons. The molecule has 1 aromatic rings. The molecule has 1 fully saturated rings. The van der Waals surface area contributed by atoms with Gasteiger partial charge in [0, 0.05) is 12.8 Å². The highest BCUT2D eigenvalue weighted by atomic mass is 31.2. The van der Waals surface area contributed by atoms with E-state index in [1.807, 2.05) is 0 Å². The van der Waals surface area contributed by atoms with Gasteiger partial charge in [0.15, 0.2) is 0 Å². The molecule has 2 rings (SSSR count). The zero-order valence-electron chi connectivity index (χ0n) is 12.0. The highest BCUT2D eigenvalue weighted by molar-refractivity contribution is 7.62. The first kappa shape index (κ1) is 16.2. The lowest BCUT2D eigenvalue weighted by Crippen LogP contribution is -2.41. The highest BCUT2D eigenvalue weighted by Crippen LogP contribution is 2.45. The van der Waals surface area contributed by atoms with E-state index in [1.54, 1.807) is 13.8 Å². The molecule has 0 aliphatic carbocycles. The molecule has 1 aromatic heterocycles. The van der Waals surface area contributed by atoms with Gasteiger partial charge in [-0.15, -0.1) is 0 Å². The number of ether oxygens (including phenoxy) is 1. The molecule has 1 aliphatic rings. The van der Waals surface area contributed by atoms with E-state index in [9.17, 15) is 14.2 Å². The van der Waals surface area contributed by atoms with Crippen LogP contribution in [0.25, 0.3) is 0 Å². The van der Waals surface area contributed by atoms with Crippen LogP contribution < -0.4 is 16.6 Å². The molecule has 1 saturated heterocycles. The third-order valence-electron chi connectivity index (χ3n) is 3.06. The SMILES string of the molecule is CCOP(=O)(OCC)c1cn([C@H]2CCCO2)c(=O)[nH]c1=O. The Bertz CT molecular complexity index is 636. The van der Waals surface area contributed by atoms with Crippen LogP contribution >= 0.6 is 7.60 Å². The quantitative estimate of drug-likeness (QED) is 0.777. The topological polar surface area (TPSA) is 99.6 Å². The van der Waals surface area contributed by atoms with Gasteiger partial charge in [-0.25, -0.2) is 4.79 Å². The van der Waals surface area contributed by atoms with E-state index >= 15 is 0 Å². The Labute approximate surface area is 121 Å². The van der Waals surface area contributed by atoms with Gasteiger partial charge < -0.3 is 13.8 Å². The van der Waals surface area contributed by atoms with Crippen molar-refractivity contribution in [2.45, 2.75) is 32.9 Å². The van der Waals surface area contributed by atoms with E-state index < -0.39 is 25.1 Å². The Morgan fingerprint density at radius 3 is 2.57 bits per heavy atom. The summed E-state index contributed by atoms with van der Waals surface area (Å²) in [5, 5.41) is -0.179. The molecule has 0 amide bonds. The maximum Gasteiger partial charge on any atom is 0.368 e. The van der Waals surface area contributed by atoms with E-state index in [2.05, 4.69) is 4.98 Å². The lowest BCUT2D eigenvalue weighted by molar-refractivity contribution is 0.0528. The van der Waals surface area contributed by atoms with Crippen molar-refractivity contribution in [2.75, 3.05) is 19.8 Å². The van der Waals surface area contributed by atoms with Gasteiger partial charge >= 0.3 is 13.3 Å². The molecular formula is C12H19N2O6P. The average molecular weight is 318 g/mol. The molecule has 1 aliphatic heterocycles. The van der Waals surface area contributed by atoms with E-state index in [-0.39, 0.29) is 18.5 Å². The van der Waals surface area contributed by atoms with Gasteiger partial charge in [-0.3, -0.25) is 18.9 Å². The average Bonchev–Trinajstić information content (AvgIpc) is 2.92. The zero-order chi connectivity index (χ0) is 15.5. The summed E-state index contributed by atoms with van der Waals surface area (Å²) in [4.78, 5) is 26.0. The fraction of sp³-hybridized carbons (Fsp3) is 0.667. The molecule has 1 N–H and O–H groups in total. The second-order valence-electron chi connectivity index (χ2n) is 4.48. The third kappa shape index (κ3) is 3.35. The molecule has 0 saturated carbocycles. The van der Waals surface area contributed by atoms with Gasteiger partial charge in [0.1, 0.15) is 11.5 Å². The summed E-state index contributed by atoms with van der Waals surface area (Å²) in [5.41, 5.74) is -1.37. The summed E-state index contributed by atoms with van der Waals surface area (Å²) in [5.74, 6) is 0. The van der Waals surface area contributed by atoms with Crippen LogP contribution in [-0.2, 0) is 18.3 Å². The van der Waals surface area contributed by atoms with Crippen molar-refractivity contribution < 1.29 is 18.3 Å². The minimum atomic E-state index is -3.76. The first-order valence-corrected chi connectivity index (χ1v) is 8.43. The minimum absolute atomic E-state index is 0.121. The summed E-state index contributed by atoms with van der Waals surface area (Å²) in [6.07, 6.45) is 2.23. The highest BCUT2D eigenvalue weighted by Gasteiger charge is 2.32. The van der Waals surface area contributed by atoms with E-state index in [0.717, 1.165) is 6.42 Å². The molecule has 2 heterocycles. The fourth-order valence-electron chi connectivity index (χ4n) is 2.18. The molecule has 0 spiro atoms. The van der Waals surface area contributed by atoms with Crippen molar-refractivity contribution in [1.29, 1.82) is 0 Å². The number of hydrogen-bond donors (Lipinski definition) is 1. The Hall–Kier alpha value is -1.21. The predicted molar refractivity (Wildman–Crippen MR) is 76.0 cm³/mol. The summed E-state index contributed by atoms with van der Waals surface area (Å²) >= 11 is 0. The van der Waals surface area contributed by atoms with Gasteiger partial charge in [0.25, 0.3) is 5.56 Å². The molecule has 21 heavy (non-hydrogen) atoms. The Balaban J connectivity index is 2.52. The Morgan fingerprint density at radius 2 is 2.05 bits per heavy atom. The van der Waals surface area contributed by atoms with Gasteiger partial charge in [0.05, 0.1) is 13.2 Å². The first-order chi connectivity index (χ1) is 10.0. The maximum absolute atomic E-state index is 12.7. The normalized spacial score (nSPS) is 19.0. The number of aromatic amines is 1. The smallest absolute Gasteiger partial charge is 0.358 e. The monoisotopic (exact) mass is 318 g/mol. The van der Waals surface area contributed by atoms with Crippen molar-refractivity contribution in [1.82, 2.24) is 9.55 Å². The molecule has 9 heteroatoms. The lowest BCUT2D eigenvalue weighted by Gasteiger charge is -2.19. The van der Waals surface area contributed by atoms with Crippen LogP contribution in [0.15, 0.2) is 15.8 Å². The second kappa shape index (κ2) is 6.70. The second-order valence-corrected chi connectivity index (χ2v) is 6.47. The van der Waals surface area contributed by atoms with Crippen LogP contribution in [0.1, 0.15) is 32.9 Å². The van der Waals surface area contributed by atoms with Crippen LogP contribution in [-0.4, -0.2) is 29.4 Å². The number of H-pyrrole nitrogens is 1. The standard InChI is InChI=1S/C12H19N2O6P/c1-3-19-21(17,20-4-2)9-8-14(10-6-5-7-18-10)12(16)13-11(9)15/h8,10H,3-7H2,1-2H3,(H,13,15,16)/t10-/m1/s1. The van der Waals surface area contributed by atoms with Gasteiger partial charge in [-0.05, 0) is 26.7 Å². The van der Waals surface area contributed by atoms with Crippen molar-refractivity contribution in [2.24, 2.45) is 0 Å². The first-order valence-electron chi connectivity index (χ1n) is 6.88. The van der Waals surface area contributed by atoms with Crippen molar-refractivity contribution in [3.05, 3.63) is 27.0 Å². The van der Waals surface area contributed by atoms with Crippen molar-refractivity contribution in [3.63, 3.8) is 0 Å². The summed E-state index contributed by atoms with van der Waals surface area (Å²) in [7, 11) is -3.76. The lowest BCUT2D eigenvalue weighted by atomic mass is 10.3. The molecule has 0 unspecified atom stereocenters. The van der Waals surface area contributed by atoms with Gasteiger partial charge in [0.2, 0.25) is 0 Å². The van der Waals surface area contributed by atoms with E-state index in [0.29, 0.717) is 13.0 Å². The number of rotatable bonds is 6. The van der Waals surface area contributed by atoms with E-state index in [4.69, 9.17) is 13.8 Å². The number of hydrogen-bond acceptors (Lipinski definition) is 6. The molecular weight excluding hydrogens is 299 g/mol. The number of aromatic nitrogens is 2. The molecule has 0 aromatic carbocycles. The van der Waals surface area contributed by atoms with Gasteiger partial charge in [-0.1, -0.05) is 0 Å². The largest absolute Gasteiger partial charge is 0.368 e. The summed E-state index contributed by atoms with van der Waals surface area (Å²) in [6.45, 7) is 4.08. The maximum atomic E-state index is 12.7. The summed E-state index contributed by atoms with van der Waals surface area (Å²) < 4.78 is 29.6. The van der Waals surface area contributed by atoms with Crippen molar-refractivity contribution in [3.8, 4) is 0 Å². The minimum Gasteiger partial charge on any atom is -0.358 e. The molecule has 8 nitrogen and oxygen atoms in total. The van der Waals surface area contributed by atoms with E-state index in [1.165, 1.54) is 10.8 Å². The summed E-state index contributed by atoms with van der Waals surface area (Å²) in [6, 6.07) is 0. The third-order valence-corrected chi connectivity index (χ3v) is 5.16. The predicted octanol–water partition coefficient (Wildman–Crippen LogP) is 0.737. The van der Waals surface area contributed by atoms with Crippen molar-refractivity contribution >= 4 is 12.9 Å². The number of nitrogens with one attached hydrogen (secondary N) is 1. The van der Waals surface area contributed by atoms with Crippen LogP contribution in [0.3, 0.4) is 0 Å². The molecule has 0 radical (unpaired) electrons. The fourth-order valence-corrected chi connectivity index (χ4v) is 3.78. The number of nitrogens with zero attached hydrogens (tertiary/aromatic N) is 1. The Kier molecular flexibility index (Phi) is 5.16. The molecule has 1 atom stereocenters. The van der Waals surface area contributed by atoms with Crippen LogP contribution in [0.5, 0.6) is 0 Å². The zero-order valence-corrected chi connectivity index (χ0v) is 12.9.